The number of nitrogens with zero attached hydrogens (tertiary/aromatic N) is 4. The van der Waals surface area contributed by atoms with Gasteiger partial charge in [0.05, 0.1) is 16.7 Å². The number of hydrogen-bond acceptors (Lipinski definition) is 5. The van der Waals surface area contributed by atoms with E-state index in [1.165, 1.54) is 52.8 Å². The van der Waals surface area contributed by atoms with Crippen molar-refractivity contribution in [2.24, 2.45) is 0 Å². The molecule has 1 aliphatic rings. The van der Waals surface area contributed by atoms with Gasteiger partial charge in [0.15, 0.2) is 11.6 Å². The van der Waals surface area contributed by atoms with Crippen molar-refractivity contribution in [3.05, 3.63) is 198 Å². The first kappa shape index (κ1) is 34.7. The second-order valence-electron chi connectivity index (χ2n) is 16.7. The fourth-order valence-corrected chi connectivity index (χ4v) is 11.2. The van der Waals surface area contributed by atoms with Crippen LogP contribution in [0.4, 0.5) is 0 Å². The first-order valence-corrected chi connectivity index (χ1v) is 22.2. The van der Waals surface area contributed by atoms with Gasteiger partial charge in [-0.25, -0.2) is 15.0 Å². The zero-order chi connectivity index (χ0) is 41.2. The summed E-state index contributed by atoms with van der Waals surface area (Å²) in [7, 11) is 0. The van der Waals surface area contributed by atoms with E-state index >= 15 is 0 Å². The zero-order valence-corrected chi connectivity index (χ0v) is 34.6. The van der Waals surface area contributed by atoms with E-state index in [0.29, 0.717) is 11.6 Å². The van der Waals surface area contributed by atoms with Crippen LogP contribution in [0.2, 0.25) is 0 Å². The van der Waals surface area contributed by atoms with E-state index in [4.69, 9.17) is 19.4 Å². The highest BCUT2D eigenvalue weighted by Crippen LogP contribution is 2.44. The minimum Gasteiger partial charge on any atom is -0.456 e. The van der Waals surface area contributed by atoms with Crippen molar-refractivity contribution in [3.63, 3.8) is 0 Å². The number of aromatic nitrogens is 4. The number of allylic oxidation sites excluding steroid dienone is 1. The largest absolute Gasteiger partial charge is 0.456 e. The zero-order valence-electron chi connectivity index (χ0n) is 33.8. The van der Waals surface area contributed by atoms with Crippen molar-refractivity contribution in [3.8, 4) is 28.5 Å². The van der Waals surface area contributed by atoms with Crippen LogP contribution in [0.1, 0.15) is 22.2 Å². The lowest BCUT2D eigenvalue weighted by atomic mass is 9.91. The SMILES string of the molecule is C1=CC(c2nc(-c3ccccc3)nc(-c3cc4c(cc3-n3c5cc6ccccc6cc5c5cc6ccccc6cc53)oc3cc5ccccc5cc34)n2)Cc2c1sc1ccccc21. The monoisotopic (exact) mass is 822 g/mol. The summed E-state index contributed by atoms with van der Waals surface area (Å²) in [5.41, 5.74) is 8.01. The quantitative estimate of drug-likeness (QED) is 0.177. The van der Waals surface area contributed by atoms with Crippen LogP contribution in [-0.2, 0) is 6.42 Å². The van der Waals surface area contributed by atoms with Gasteiger partial charge in [-0.2, -0.15) is 0 Å². The Bertz CT molecular complexity index is 3990. The predicted molar refractivity (Wildman–Crippen MR) is 262 cm³/mol. The van der Waals surface area contributed by atoms with Gasteiger partial charge < -0.3 is 8.98 Å². The molecule has 1 unspecified atom stereocenters. The Kier molecular flexibility index (Phi) is 7.33. The summed E-state index contributed by atoms with van der Waals surface area (Å²) in [6, 6.07) is 63.0. The summed E-state index contributed by atoms with van der Waals surface area (Å²) >= 11 is 1.85. The third kappa shape index (κ3) is 5.38. The Morgan fingerprint density at radius 2 is 1.05 bits per heavy atom. The molecule has 13 aromatic rings. The molecule has 0 aliphatic heterocycles. The van der Waals surface area contributed by atoms with Crippen molar-refractivity contribution in [1.29, 1.82) is 0 Å². The lowest BCUT2D eigenvalue weighted by Gasteiger charge is -2.19. The molecule has 4 aromatic heterocycles. The number of rotatable bonds is 4. The smallest absolute Gasteiger partial charge is 0.165 e. The number of thiophene rings is 1. The van der Waals surface area contributed by atoms with Crippen molar-refractivity contribution in [1.82, 2.24) is 19.5 Å². The van der Waals surface area contributed by atoms with Gasteiger partial charge in [0, 0.05) is 54.2 Å². The first-order valence-electron chi connectivity index (χ1n) is 21.4. The van der Waals surface area contributed by atoms with E-state index < -0.39 is 0 Å². The van der Waals surface area contributed by atoms with Crippen molar-refractivity contribution in [2.45, 2.75) is 12.3 Å². The molecule has 1 atom stereocenters. The molecule has 0 bridgehead atoms. The van der Waals surface area contributed by atoms with Gasteiger partial charge in [0.25, 0.3) is 0 Å². The third-order valence-electron chi connectivity index (χ3n) is 13.1. The lowest BCUT2D eigenvalue weighted by Crippen LogP contribution is -2.12. The molecule has 0 radical (unpaired) electrons. The molecule has 6 heteroatoms. The molecule has 0 amide bonds. The minimum absolute atomic E-state index is 0.0426. The van der Waals surface area contributed by atoms with E-state index in [2.05, 4.69) is 187 Å². The first-order chi connectivity index (χ1) is 31.2. The van der Waals surface area contributed by atoms with Crippen LogP contribution < -0.4 is 0 Å². The maximum Gasteiger partial charge on any atom is 0.165 e. The molecule has 5 nitrogen and oxygen atoms in total. The van der Waals surface area contributed by atoms with Crippen LogP contribution in [0.15, 0.2) is 186 Å². The van der Waals surface area contributed by atoms with Gasteiger partial charge in [-0.05, 0) is 104 Å². The van der Waals surface area contributed by atoms with Gasteiger partial charge in [0.1, 0.15) is 17.0 Å². The van der Waals surface area contributed by atoms with Gasteiger partial charge in [0.2, 0.25) is 0 Å². The Morgan fingerprint density at radius 1 is 0.492 bits per heavy atom. The van der Waals surface area contributed by atoms with Gasteiger partial charge in [-0.1, -0.05) is 127 Å². The highest BCUT2D eigenvalue weighted by molar-refractivity contribution is 7.20. The molecule has 0 fully saturated rings. The summed E-state index contributed by atoms with van der Waals surface area (Å²) in [6.07, 6.45) is 5.37. The Labute approximate surface area is 364 Å². The number of fused-ring (bicyclic) bond motifs is 12. The molecule has 63 heavy (non-hydrogen) atoms. The molecule has 0 saturated heterocycles. The molecule has 14 rings (SSSR count). The maximum absolute atomic E-state index is 6.85. The van der Waals surface area contributed by atoms with Crippen LogP contribution in [0.3, 0.4) is 0 Å². The van der Waals surface area contributed by atoms with Crippen LogP contribution in [0.5, 0.6) is 0 Å². The number of hydrogen-bond donors (Lipinski definition) is 0. The molecule has 9 aromatic carbocycles. The predicted octanol–water partition coefficient (Wildman–Crippen LogP) is 15.2. The van der Waals surface area contributed by atoms with Gasteiger partial charge in [-0.3, -0.25) is 0 Å². The molecular weight excluding hydrogens is 789 g/mol. The second kappa shape index (κ2) is 13.3. The minimum atomic E-state index is -0.0426. The molecule has 0 spiro atoms. The van der Waals surface area contributed by atoms with Crippen molar-refractivity contribution in [2.75, 3.05) is 0 Å². The number of benzene rings is 9. The molecule has 1 aliphatic carbocycles. The Morgan fingerprint density at radius 3 is 1.75 bits per heavy atom. The van der Waals surface area contributed by atoms with E-state index in [-0.39, 0.29) is 5.92 Å². The highest BCUT2D eigenvalue weighted by Gasteiger charge is 2.27. The summed E-state index contributed by atoms with van der Waals surface area (Å²) in [5.74, 6) is 1.98. The lowest BCUT2D eigenvalue weighted by molar-refractivity contribution is 0.669. The summed E-state index contributed by atoms with van der Waals surface area (Å²) in [5, 5.41) is 12.8. The van der Waals surface area contributed by atoms with E-state index in [9.17, 15) is 0 Å². The Balaban J connectivity index is 1.09. The number of furan rings is 1. The molecular formula is C57H34N4OS. The Hall–Kier alpha value is -7.93. The van der Waals surface area contributed by atoms with Crippen LogP contribution in [0.25, 0.3) is 121 Å². The second-order valence-corrected chi connectivity index (χ2v) is 17.8. The van der Waals surface area contributed by atoms with Gasteiger partial charge >= 0.3 is 0 Å². The molecule has 4 heterocycles. The molecule has 294 valence electrons. The fourth-order valence-electron chi connectivity index (χ4n) is 10.0. The summed E-state index contributed by atoms with van der Waals surface area (Å²) in [4.78, 5) is 17.5. The van der Waals surface area contributed by atoms with Crippen LogP contribution in [0, 0.1) is 0 Å². The van der Waals surface area contributed by atoms with E-state index in [1.54, 1.807) is 0 Å². The fraction of sp³-hybridized carbons (Fsp3) is 0.0351. The molecule has 0 N–H and O–H groups in total. The van der Waals surface area contributed by atoms with E-state index in [0.717, 1.165) is 72.8 Å². The van der Waals surface area contributed by atoms with Gasteiger partial charge in [-0.15, -0.1) is 11.3 Å². The molecule has 0 saturated carbocycles. The maximum atomic E-state index is 6.85. The van der Waals surface area contributed by atoms with Crippen LogP contribution in [-0.4, -0.2) is 19.5 Å². The normalized spacial score (nSPS) is 14.1. The highest BCUT2D eigenvalue weighted by atomic mass is 32.1. The van der Waals surface area contributed by atoms with Crippen LogP contribution >= 0.6 is 11.3 Å². The summed E-state index contributed by atoms with van der Waals surface area (Å²) < 4.78 is 10.6. The average molecular weight is 823 g/mol. The standard InChI is InChI=1S/C57H34N4OS/c1-2-12-33(13-3-1)55-58-56(40-22-23-54-46(27-40)41-20-10-11-21-53(41)63-54)60-57(59-55)47-31-45-44-26-36-16-6-9-19-39(36)30-51(44)62-52(45)32-50(47)61-48-28-37-17-7-4-14-34(37)24-42(48)43-25-35-15-5-8-18-38(35)29-49(43)61/h1-26,28-32,40H,27H2. The average Bonchev–Trinajstić information content (AvgIpc) is 3.99. The van der Waals surface area contributed by atoms with Crippen molar-refractivity contribution >= 4 is 104 Å². The van der Waals surface area contributed by atoms with Crippen molar-refractivity contribution < 1.29 is 4.42 Å². The topological polar surface area (TPSA) is 56.7 Å². The van der Waals surface area contributed by atoms with E-state index in [1.807, 2.05) is 17.4 Å². The third-order valence-corrected chi connectivity index (χ3v) is 14.3. The summed E-state index contributed by atoms with van der Waals surface area (Å²) in [6.45, 7) is 0.